The lowest BCUT2D eigenvalue weighted by molar-refractivity contribution is -0.135. The third-order valence-corrected chi connectivity index (χ3v) is 2.18. The molecule has 0 aromatic rings. The summed E-state index contributed by atoms with van der Waals surface area (Å²) in [5.74, 6) is 0.0230. The van der Waals surface area contributed by atoms with E-state index < -0.39 is 0 Å². The molecule has 0 atom stereocenters. The molecule has 1 amide bonds. The van der Waals surface area contributed by atoms with Gasteiger partial charge < -0.3 is 19.3 Å². The van der Waals surface area contributed by atoms with Crippen molar-refractivity contribution in [2.24, 2.45) is 0 Å². The summed E-state index contributed by atoms with van der Waals surface area (Å²) in [6.07, 6.45) is 0.979. The third-order valence-electron chi connectivity index (χ3n) is 2.18. The molecule has 0 saturated heterocycles. The van der Waals surface area contributed by atoms with Gasteiger partial charge in [0, 0.05) is 20.7 Å². The van der Waals surface area contributed by atoms with Gasteiger partial charge in [-0.3, -0.25) is 4.79 Å². The van der Waals surface area contributed by atoms with Crippen molar-refractivity contribution in [3.8, 4) is 0 Å². The van der Waals surface area contributed by atoms with Gasteiger partial charge in [0.25, 0.3) is 0 Å². The molecule has 0 saturated carbocycles. The minimum Gasteiger partial charge on any atom is -0.382 e. The van der Waals surface area contributed by atoms with Crippen molar-refractivity contribution in [3.05, 3.63) is 0 Å². The Bertz CT molecular complexity index is 186. The molecule has 0 aromatic heterocycles. The summed E-state index contributed by atoms with van der Waals surface area (Å²) in [7, 11) is 7.46. The maximum Gasteiger partial charge on any atom is 0.248 e. The maximum atomic E-state index is 11.5. The highest BCUT2D eigenvalue weighted by Crippen LogP contribution is 1.91. The fourth-order valence-corrected chi connectivity index (χ4v) is 1.16. The second kappa shape index (κ2) is 9.57. The number of nitrogens with zero attached hydrogens (tertiary/aromatic N) is 2. The largest absolute Gasteiger partial charge is 0.382 e. The average molecular weight is 232 g/mol. The minimum absolute atomic E-state index is 0.0230. The zero-order valence-corrected chi connectivity index (χ0v) is 10.9. The van der Waals surface area contributed by atoms with Gasteiger partial charge in [0.1, 0.15) is 6.61 Å². The molecular formula is C11H24N2O3. The van der Waals surface area contributed by atoms with Crippen LogP contribution in [0.5, 0.6) is 0 Å². The highest BCUT2D eigenvalue weighted by molar-refractivity contribution is 5.77. The van der Waals surface area contributed by atoms with Gasteiger partial charge in [0.05, 0.1) is 13.2 Å². The van der Waals surface area contributed by atoms with Crippen molar-refractivity contribution >= 4 is 5.91 Å². The number of hydrogen-bond acceptors (Lipinski definition) is 4. The molecule has 0 heterocycles. The summed E-state index contributed by atoms with van der Waals surface area (Å²) in [5.41, 5.74) is 0. The van der Waals surface area contributed by atoms with E-state index in [0.29, 0.717) is 13.2 Å². The summed E-state index contributed by atoms with van der Waals surface area (Å²) in [5, 5.41) is 0. The summed E-state index contributed by atoms with van der Waals surface area (Å²) >= 11 is 0. The van der Waals surface area contributed by atoms with Crippen LogP contribution in [0.25, 0.3) is 0 Å². The first-order valence-corrected chi connectivity index (χ1v) is 5.53. The third kappa shape index (κ3) is 8.64. The quantitative estimate of drug-likeness (QED) is 0.527. The number of carbonyl (C=O) groups excluding carboxylic acids is 1. The molecule has 0 fully saturated rings. The van der Waals surface area contributed by atoms with Gasteiger partial charge in [0.2, 0.25) is 5.91 Å². The molecule has 0 N–H and O–H groups in total. The number of hydrogen-bond donors (Lipinski definition) is 0. The summed E-state index contributed by atoms with van der Waals surface area (Å²) in [6.45, 7) is 2.89. The molecule has 0 aliphatic rings. The highest BCUT2D eigenvalue weighted by atomic mass is 16.5. The van der Waals surface area contributed by atoms with Gasteiger partial charge in [-0.1, -0.05) is 0 Å². The lowest BCUT2D eigenvalue weighted by Gasteiger charge is -2.18. The standard InChI is InChI=1S/C11H24N2O3/c1-12(2)6-5-7-13(3)11(14)10-16-9-8-15-4/h5-10H2,1-4H3. The molecule has 5 nitrogen and oxygen atoms in total. The lowest BCUT2D eigenvalue weighted by atomic mass is 10.3. The van der Waals surface area contributed by atoms with Gasteiger partial charge in [0.15, 0.2) is 0 Å². The number of carbonyl (C=O) groups is 1. The average Bonchev–Trinajstić information content (AvgIpc) is 2.23. The normalized spacial score (nSPS) is 10.8. The molecule has 0 aliphatic heterocycles. The van der Waals surface area contributed by atoms with Crippen molar-refractivity contribution in [2.45, 2.75) is 6.42 Å². The molecule has 5 heteroatoms. The summed E-state index contributed by atoms with van der Waals surface area (Å²) in [6, 6.07) is 0. The van der Waals surface area contributed by atoms with Crippen LogP contribution in [0.3, 0.4) is 0 Å². The Morgan fingerprint density at radius 1 is 1.12 bits per heavy atom. The van der Waals surface area contributed by atoms with E-state index in [1.165, 1.54) is 0 Å². The first-order valence-electron chi connectivity index (χ1n) is 5.53. The second-order valence-electron chi connectivity index (χ2n) is 4.02. The van der Waals surface area contributed by atoms with Gasteiger partial charge in [-0.25, -0.2) is 0 Å². The Kier molecular flexibility index (Phi) is 9.18. The van der Waals surface area contributed by atoms with Crippen molar-refractivity contribution < 1.29 is 14.3 Å². The number of ether oxygens (including phenoxy) is 2. The predicted molar refractivity (Wildman–Crippen MR) is 63.5 cm³/mol. The van der Waals surface area contributed by atoms with Gasteiger partial charge in [-0.05, 0) is 27.1 Å². The van der Waals surface area contributed by atoms with Crippen LogP contribution in [-0.4, -0.2) is 76.9 Å². The van der Waals surface area contributed by atoms with Crippen molar-refractivity contribution in [1.29, 1.82) is 0 Å². The van der Waals surface area contributed by atoms with Gasteiger partial charge in [-0.15, -0.1) is 0 Å². The number of methoxy groups -OCH3 is 1. The summed E-state index contributed by atoms with van der Waals surface area (Å²) in [4.78, 5) is 15.3. The fourth-order valence-electron chi connectivity index (χ4n) is 1.16. The number of likely N-dealkylation sites (N-methyl/N-ethyl adjacent to an activating group) is 1. The highest BCUT2D eigenvalue weighted by Gasteiger charge is 2.07. The molecule has 0 aromatic carbocycles. The van der Waals surface area contributed by atoms with Crippen molar-refractivity contribution in [2.75, 3.05) is 61.2 Å². The molecule has 96 valence electrons. The molecule has 0 spiro atoms. The van der Waals surface area contributed by atoms with Crippen LogP contribution in [0, 0.1) is 0 Å². The van der Waals surface area contributed by atoms with Crippen molar-refractivity contribution in [3.63, 3.8) is 0 Å². The van der Waals surface area contributed by atoms with Crippen LogP contribution in [0.1, 0.15) is 6.42 Å². The monoisotopic (exact) mass is 232 g/mol. The number of rotatable bonds is 9. The fraction of sp³-hybridized carbons (Fsp3) is 0.909. The Balaban J connectivity index is 3.49. The molecule has 0 unspecified atom stereocenters. The molecular weight excluding hydrogens is 208 g/mol. The second-order valence-corrected chi connectivity index (χ2v) is 4.02. The Morgan fingerprint density at radius 2 is 1.81 bits per heavy atom. The molecule has 0 aliphatic carbocycles. The van der Waals surface area contributed by atoms with Crippen molar-refractivity contribution in [1.82, 2.24) is 9.80 Å². The van der Waals surface area contributed by atoms with E-state index >= 15 is 0 Å². The van der Waals surface area contributed by atoms with Crippen LogP contribution in [0.2, 0.25) is 0 Å². The molecule has 0 bridgehead atoms. The Labute approximate surface area is 98.3 Å². The van der Waals surface area contributed by atoms with Crippen LogP contribution in [0.15, 0.2) is 0 Å². The van der Waals surface area contributed by atoms with Gasteiger partial charge in [-0.2, -0.15) is 0 Å². The van der Waals surface area contributed by atoms with E-state index in [4.69, 9.17) is 9.47 Å². The van der Waals surface area contributed by atoms with E-state index in [2.05, 4.69) is 4.90 Å². The topological polar surface area (TPSA) is 42.0 Å². The zero-order chi connectivity index (χ0) is 12.4. The van der Waals surface area contributed by atoms with Gasteiger partial charge >= 0.3 is 0 Å². The van der Waals surface area contributed by atoms with E-state index in [9.17, 15) is 4.79 Å². The van der Waals surface area contributed by atoms with Crippen LogP contribution >= 0.6 is 0 Å². The molecule has 0 radical (unpaired) electrons. The Hall–Kier alpha value is -0.650. The van der Waals surface area contributed by atoms with Crippen LogP contribution in [-0.2, 0) is 14.3 Å². The maximum absolute atomic E-state index is 11.5. The summed E-state index contributed by atoms with van der Waals surface area (Å²) < 4.78 is 9.98. The smallest absolute Gasteiger partial charge is 0.248 e. The number of amides is 1. The zero-order valence-electron chi connectivity index (χ0n) is 10.9. The Morgan fingerprint density at radius 3 is 2.38 bits per heavy atom. The first kappa shape index (κ1) is 15.3. The first-order chi connectivity index (χ1) is 7.57. The van der Waals surface area contributed by atoms with E-state index in [1.807, 2.05) is 14.1 Å². The van der Waals surface area contributed by atoms with E-state index in [1.54, 1.807) is 19.1 Å². The van der Waals surface area contributed by atoms with Crippen LogP contribution < -0.4 is 0 Å². The lowest BCUT2D eigenvalue weighted by Crippen LogP contribution is -2.32. The van der Waals surface area contributed by atoms with Crippen LogP contribution in [0.4, 0.5) is 0 Å². The van der Waals surface area contributed by atoms with E-state index in [0.717, 1.165) is 19.5 Å². The predicted octanol–water partition coefficient (Wildman–Crippen LogP) is 0.0595. The van der Waals surface area contributed by atoms with E-state index in [-0.39, 0.29) is 12.5 Å². The minimum atomic E-state index is 0.0230. The SMILES string of the molecule is COCCOCC(=O)N(C)CCCN(C)C. The molecule has 0 rings (SSSR count). The molecule has 16 heavy (non-hydrogen) atoms.